The third-order valence-electron chi connectivity index (χ3n) is 3.98. The van der Waals surface area contributed by atoms with Crippen molar-refractivity contribution in [2.75, 3.05) is 17.2 Å². The van der Waals surface area contributed by atoms with Crippen LogP contribution in [-0.2, 0) is 11.3 Å². The van der Waals surface area contributed by atoms with Crippen molar-refractivity contribution < 1.29 is 9.59 Å². The molecule has 3 aromatic rings. The molecule has 0 heterocycles. The lowest BCUT2D eigenvalue weighted by atomic mass is 10.1. The van der Waals surface area contributed by atoms with E-state index in [1.165, 1.54) is 0 Å². The van der Waals surface area contributed by atoms with Gasteiger partial charge in [0.25, 0.3) is 5.91 Å². The minimum Gasteiger partial charge on any atom is -0.376 e. The molecule has 3 aromatic carbocycles. The van der Waals surface area contributed by atoms with Crippen LogP contribution in [0, 0.1) is 0 Å². The Kier molecular flexibility index (Phi) is 6.65. The maximum Gasteiger partial charge on any atom is 0.251 e. The lowest BCUT2D eigenvalue weighted by Gasteiger charge is -2.10. The van der Waals surface area contributed by atoms with E-state index in [1.54, 1.807) is 48.5 Å². The highest BCUT2D eigenvalue weighted by Gasteiger charge is 2.07. The number of carbonyl (C=O) groups excluding carboxylic acids is 2. The van der Waals surface area contributed by atoms with Crippen molar-refractivity contribution in [2.24, 2.45) is 0 Å². The number of amides is 2. The Morgan fingerprint density at radius 3 is 2.36 bits per heavy atom. The van der Waals surface area contributed by atoms with Crippen LogP contribution in [0.25, 0.3) is 0 Å². The summed E-state index contributed by atoms with van der Waals surface area (Å²) in [5, 5.41) is 9.23. The highest BCUT2D eigenvalue weighted by molar-refractivity contribution is 6.30. The molecular formula is C22H20ClN3O2. The fourth-order valence-electron chi connectivity index (χ4n) is 2.60. The van der Waals surface area contributed by atoms with Gasteiger partial charge in [0.1, 0.15) is 0 Å². The summed E-state index contributed by atoms with van der Waals surface area (Å²) in [6, 6.07) is 23.7. The zero-order valence-corrected chi connectivity index (χ0v) is 15.9. The number of benzene rings is 3. The van der Waals surface area contributed by atoms with Gasteiger partial charge in [-0.2, -0.15) is 0 Å². The molecule has 0 saturated heterocycles. The first-order valence-electron chi connectivity index (χ1n) is 8.81. The summed E-state index contributed by atoms with van der Waals surface area (Å²) >= 11 is 5.91. The second-order valence-corrected chi connectivity index (χ2v) is 6.60. The minimum absolute atomic E-state index is 0.0710. The summed E-state index contributed by atoms with van der Waals surface area (Å²) in [7, 11) is 0. The lowest BCUT2D eigenvalue weighted by molar-refractivity contribution is -0.114. The molecule has 0 bridgehead atoms. The topological polar surface area (TPSA) is 70.2 Å². The normalized spacial score (nSPS) is 10.2. The summed E-state index contributed by atoms with van der Waals surface area (Å²) in [5.41, 5.74) is 2.88. The Morgan fingerprint density at radius 1 is 0.821 bits per heavy atom. The molecule has 28 heavy (non-hydrogen) atoms. The average molecular weight is 394 g/mol. The van der Waals surface area contributed by atoms with Gasteiger partial charge in [-0.05, 0) is 42.0 Å². The molecule has 0 aliphatic heterocycles. The fraction of sp³-hybridized carbons (Fsp3) is 0.0909. The third kappa shape index (κ3) is 5.86. The van der Waals surface area contributed by atoms with Gasteiger partial charge in [-0.1, -0.05) is 54.1 Å². The molecule has 6 heteroatoms. The van der Waals surface area contributed by atoms with Crippen LogP contribution in [0.1, 0.15) is 15.9 Å². The molecule has 2 amide bonds. The van der Waals surface area contributed by atoms with Crippen molar-refractivity contribution in [3.63, 3.8) is 0 Å². The van der Waals surface area contributed by atoms with E-state index in [-0.39, 0.29) is 18.4 Å². The van der Waals surface area contributed by atoms with Gasteiger partial charge in [0.15, 0.2) is 0 Å². The Labute approximate surface area is 168 Å². The van der Waals surface area contributed by atoms with Crippen molar-refractivity contribution in [2.45, 2.75) is 6.54 Å². The second kappa shape index (κ2) is 9.58. The quantitative estimate of drug-likeness (QED) is 0.559. The molecule has 5 nitrogen and oxygen atoms in total. The zero-order chi connectivity index (χ0) is 19.8. The standard InChI is InChI=1S/C22H20ClN3O2/c23-18-9-5-11-20(13-18)26-21(27)15-24-19-10-4-8-17(12-19)22(28)25-14-16-6-2-1-3-7-16/h1-13,24H,14-15H2,(H,25,28)(H,26,27). The average Bonchev–Trinajstić information content (AvgIpc) is 2.71. The third-order valence-corrected chi connectivity index (χ3v) is 4.22. The van der Waals surface area contributed by atoms with Gasteiger partial charge in [0, 0.05) is 28.5 Å². The van der Waals surface area contributed by atoms with Crippen molar-refractivity contribution >= 4 is 34.8 Å². The van der Waals surface area contributed by atoms with Crippen LogP contribution in [0.15, 0.2) is 78.9 Å². The van der Waals surface area contributed by atoms with Gasteiger partial charge in [-0.15, -0.1) is 0 Å². The SMILES string of the molecule is O=C(CNc1cccc(C(=O)NCc2ccccc2)c1)Nc1cccc(Cl)c1. The van der Waals surface area contributed by atoms with Crippen LogP contribution in [-0.4, -0.2) is 18.4 Å². The smallest absolute Gasteiger partial charge is 0.251 e. The van der Waals surface area contributed by atoms with E-state index in [9.17, 15) is 9.59 Å². The van der Waals surface area contributed by atoms with Crippen LogP contribution in [0.5, 0.6) is 0 Å². The molecule has 0 unspecified atom stereocenters. The van der Waals surface area contributed by atoms with Gasteiger partial charge in [0.2, 0.25) is 5.91 Å². The Morgan fingerprint density at radius 2 is 1.57 bits per heavy atom. The largest absolute Gasteiger partial charge is 0.376 e. The van der Waals surface area contributed by atoms with Gasteiger partial charge in [-0.25, -0.2) is 0 Å². The maximum absolute atomic E-state index is 12.4. The summed E-state index contributed by atoms with van der Waals surface area (Å²) in [5.74, 6) is -0.378. The molecule has 3 rings (SSSR count). The van der Waals surface area contributed by atoms with Crippen LogP contribution in [0.2, 0.25) is 5.02 Å². The van der Waals surface area contributed by atoms with Crippen LogP contribution in [0.4, 0.5) is 11.4 Å². The number of rotatable bonds is 7. The predicted molar refractivity (Wildman–Crippen MR) is 113 cm³/mol. The van der Waals surface area contributed by atoms with Crippen molar-refractivity contribution in [3.8, 4) is 0 Å². The zero-order valence-electron chi connectivity index (χ0n) is 15.1. The molecular weight excluding hydrogens is 374 g/mol. The van der Waals surface area contributed by atoms with E-state index >= 15 is 0 Å². The highest BCUT2D eigenvalue weighted by atomic mass is 35.5. The molecule has 0 aliphatic carbocycles. The summed E-state index contributed by atoms with van der Waals surface area (Å²) in [6.07, 6.45) is 0. The number of anilines is 2. The van der Waals surface area contributed by atoms with Crippen molar-refractivity contribution in [1.82, 2.24) is 5.32 Å². The first-order chi connectivity index (χ1) is 13.6. The van der Waals surface area contributed by atoms with Crippen LogP contribution >= 0.6 is 11.6 Å². The Balaban J connectivity index is 1.52. The molecule has 0 radical (unpaired) electrons. The van der Waals surface area contributed by atoms with E-state index in [0.717, 1.165) is 5.56 Å². The van der Waals surface area contributed by atoms with E-state index in [2.05, 4.69) is 16.0 Å². The lowest BCUT2D eigenvalue weighted by Crippen LogP contribution is -2.23. The van der Waals surface area contributed by atoms with E-state index in [0.29, 0.717) is 28.5 Å². The summed E-state index contributed by atoms with van der Waals surface area (Å²) in [6.45, 7) is 0.529. The van der Waals surface area contributed by atoms with Crippen molar-refractivity contribution in [1.29, 1.82) is 0 Å². The van der Waals surface area contributed by atoms with E-state index < -0.39 is 0 Å². The van der Waals surface area contributed by atoms with E-state index in [1.807, 2.05) is 30.3 Å². The Bertz CT molecular complexity index is 961. The molecule has 3 N–H and O–H groups in total. The monoisotopic (exact) mass is 393 g/mol. The number of carbonyl (C=O) groups is 2. The number of nitrogens with one attached hydrogen (secondary N) is 3. The number of hydrogen-bond acceptors (Lipinski definition) is 3. The first kappa shape index (κ1) is 19.5. The minimum atomic E-state index is -0.207. The van der Waals surface area contributed by atoms with Crippen molar-refractivity contribution in [3.05, 3.63) is 95.0 Å². The molecule has 0 fully saturated rings. The molecule has 0 aliphatic rings. The second-order valence-electron chi connectivity index (χ2n) is 6.16. The maximum atomic E-state index is 12.4. The summed E-state index contributed by atoms with van der Waals surface area (Å²) in [4.78, 5) is 24.4. The van der Waals surface area contributed by atoms with Gasteiger partial charge in [0.05, 0.1) is 6.54 Å². The predicted octanol–water partition coefficient (Wildman–Crippen LogP) is 4.32. The first-order valence-corrected chi connectivity index (χ1v) is 9.19. The molecule has 0 aromatic heterocycles. The number of halogens is 1. The highest BCUT2D eigenvalue weighted by Crippen LogP contribution is 2.15. The summed E-state index contributed by atoms with van der Waals surface area (Å²) < 4.78 is 0. The molecule has 0 spiro atoms. The molecule has 142 valence electrons. The molecule has 0 atom stereocenters. The van der Waals surface area contributed by atoms with Gasteiger partial charge >= 0.3 is 0 Å². The van der Waals surface area contributed by atoms with E-state index in [4.69, 9.17) is 11.6 Å². The molecule has 0 saturated carbocycles. The Hall–Kier alpha value is -3.31. The van der Waals surface area contributed by atoms with Gasteiger partial charge in [-0.3, -0.25) is 9.59 Å². The number of hydrogen-bond donors (Lipinski definition) is 3. The van der Waals surface area contributed by atoms with Gasteiger partial charge < -0.3 is 16.0 Å². The fourth-order valence-corrected chi connectivity index (χ4v) is 2.79. The van der Waals surface area contributed by atoms with Crippen LogP contribution in [0.3, 0.4) is 0 Å². The van der Waals surface area contributed by atoms with Crippen LogP contribution < -0.4 is 16.0 Å².